The summed E-state index contributed by atoms with van der Waals surface area (Å²) in [5.74, 6) is 0.0611. The Bertz CT molecular complexity index is 1210. The van der Waals surface area contributed by atoms with E-state index in [4.69, 9.17) is 9.72 Å². The fourth-order valence-electron chi connectivity index (χ4n) is 4.11. The molecule has 5 nitrogen and oxygen atoms in total. The van der Waals surface area contributed by atoms with Gasteiger partial charge in [-0.3, -0.25) is 4.79 Å². The highest BCUT2D eigenvalue weighted by atomic mass is 16.5. The number of H-pyrrole nitrogens is 1. The second kappa shape index (κ2) is 9.31. The number of para-hydroxylation sites is 1. The SMILES string of the molecule is COCC(C)NC(=O)CCCc1c(-c2ccc3ccccc3n2)[nH]c2ccc(C)cc12. The summed E-state index contributed by atoms with van der Waals surface area (Å²) < 4.78 is 5.10. The second-order valence-corrected chi connectivity index (χ2v) is 8.19. The van der Waals surface area contributed by atoms with E-state index in [2.05, 4.69) is 53.6 Å². The highest BCUT2D eigenvalue weighted by molar-refractivity contribution is 5.92. The maximum atomic E-state index is 12.3. The zero-order valence-electron chi connectivity index (χ0n) is 18.4. The standard InChI is InChI=1S/C26H29N3O2/c1-17-11-13-23-21(15-17)20(8-6-10-25(30)27-18(2)16-31-3)26(29-23)24-14-12-19-7-4-5-9-22(19)28-24/h4-5,7,9,11-15,18,29H,6,8,10,16H2,1-3H3,(H,27,30). The molecule has 1 unspecified atom stereocenters. The molecule has 0 aliphatic carbocycles. The van der Waals surface area contributed by atoms with Crippen molar-refractivity contribution in [3.63, 3.8) is 0 Å². The van der Waals surface area contributed by atoms with Gasteiger partial charge in [-0.15, -0.1) is 0 Å². The van der Waals surface area contributed by atoms with E-state index >= 15 is 0 Å². The van der Waals surface area contributed by atoms with Gasteiger partial charge in [-0.25, -0.2) is 4.98 Å². The van der Waals surface area contributed by atoms with E-state index in [9.17, 15) is 4.79 Å². The van der Waals surface area contributed by atoms with Crippen molar-refractivity contribution in [1.29, 1.82) is 0 Å². The lowest BCUT2D eigenvalue weighted by molar-refractivity contribution is -0.122. The molecule has 0 radical (unpaired) electrons. The van der Waals surface area contributed by atoms with Crippen LogP contribution in [0.2, 0.25) is 0 Å². The van der Waals surface area contributed by atoms with E-state index in [-0.39, 0.29) is 11.9 Å². The fourth-order valence-corrected chi connectivity index (χ4v) is 4.11. The first-order valence-corrected chi connectivity index (χ1v) is 10.8. The molecule has 2 N–H and O–H groups in total. The topological polar surface area (TPSA) is 67.0 Å². The van der Waals surface area contributed by atoms with Crippen molar-refractivity contribution in [2.45, 2.75) is 39.2 Å². The Morgan fingerprint density at radius 1 is 1.16 bits per heavy atom. The van der Waals surface area contributed by atoms with Crippen LogP contribution in [0.3, 0.4) is 0 Å². The number of carbonyl (C=O) groups excluding carboxylic acids is 1. The third kappa shape index (κ3) is 4.78. The Morgan fingerprint density at radius 2 is 2.00 bits per heavy atom. The summed E-state index contributed by atoms with van der Waals surface area (Å²) in [4.78, 5) is 20.8. The molecule has 2 heterocycles. The Balaban J connectivity index is 1.61. The number of hydrogen-bond acceptors (Lipinski definition) is 3. The van der Waals surface area contributed by atoms with Gasteiger partial charge in [0.25, 0.3) is 0 Å². The smallest absolute Gasteiger partial charge is 0.220 e. The van der Waals surface area contributed by atoms with Gasteiger partial charge in [0, 0.05) is 35.9 Å². The van der Waals surface area contributed by atoms with E-state index in [1.54, 1.807) is 7.11 Å². The zero-order valence-corrected chi connectivity index (χ0v) is 18.4. The summed E-state index contributed by atoms with van der Waals surface area (Å²) in [5.41, 5.74) is 6.49. The summed E-state index contributed by atoms with van der Waals surface area (Å²) in [6.07, 6.45) is 2.06. The highest BCUT2D eigenvalue weighted by Gasteiger charge is 2.16. The van der Waals surface area contributed by atoms with Crippen LogP contribution in [-0.4, -0.2) is 35.6 Å². The molecule has 0 aliphatic heterocycles. The van der Waals surface area contributed by atoms with Crippen molar-refractivity contribution >= 4 is 27.7 Å². The summed E-state index contributed by atoms with van der Waals surface area (Å²) in [7, 11) is 1.64. The van der Waals surface area contributed by atoms with Crippen molar-refractivity contribution in [3.8, 4) is 11.4 Å². The number of aromatic nitrogens is 2. The predicted molar refractivity (Wildman–Crippen MR) is 126 cm³/mol. The number of amides is 1. The molecule has 4 rings (SSSR count). The van der Waals surface area contributed by atoms with Gasteiger partial charge in [0.05, 0.1) is 23.5 Å². The van der Waals surface area contributed by atoms with E-state index in [0.717, 1.165) is 40.6 Å². The van der Waals surface area contributed by atoms with Crippen LogP contribution in [0.4, 0.5) is 0 Å². The van der Waals surface area contributed by atoms with Gasteiger partial charge in [-0.2, -0.15) is 0 Å². The number of carbonyl (C=O) groups is 1. The van der Waals surface area contributed by atoms with Gasteiger partial charge in [0.15, 0.2) is 0 Å². The summed E-state index contributed by atoms with van der Waals surface area (Å²) in [6, 6.07) is 18.8. The van der Waals surface area contributed by atoms with E-state index in [0.29, 0.717) is 13.0 Å². The number of fused-ring (bicyclic) bond motifs is 2. The average molecular weight is 416 g/mol. The van der Waals surface area contributed by atoms with E-state index in [1.165, 1.54) is 16.5 Å². The van der Waals surface area contributed by atoms with Crippen LogP contribution in [0.25, 0.3) is 33.2 Å². The Hall–Kier alpha value is -3.18. The molecule has 0 fully saturated rings. The first-order valence-electron chi connectivity index (χ1n) is 10.8. The molecule has 2 aromatic heterocycles. The number of benzene rings is 2. The molecule has 1 atom stereocenters. The van der Waals surface area contributed by atoms with Crippen LogP contribution in [0.5, 0.6) is 0 Å². The minimum Gasteiger partial charge on any atom is -0.383 e. The minimum atomic E-state index is 0.0191. The van der Waals surface area contributed by atoms with Gasteiger partial charge in [0.2, 0.25) is 5.91 Å². The third-order valence-corrected chi connectivity index (χ3v) is 5.57. The van der Waals surface area contributed by atoms with Crippen molar-refractivity contribution in [2.24, 2.45) is 0 Å². The monoisotopic (exact) mass is 415 g/mol. The summed E-state index contributed by atoms with van der Waals surface area (Å²) >= 11 is 0. The van der Waals surface area contributed by atoms with Crippen molar-refractivity contribution in [1.82, 2.24) is 15.3 Å². The number of aryl methyl sites for hydroxylation is 2. The summed E-state index contributed by atoms with van der Waals surface area (Å²) in [5, 5.41) is 5.32. The second-order valence-electron chi connectivity index (χ2n) is 8.19. The maximum Gasteiger partial charge on any atom is 0.220 e. The molecular weight excluding hydrogens is 386 g/mol. The first-order chi connectivity index (χ1) is 15.0. The number of aromatic amines is 1. The molecule has 2 aromatic carbocycles. The molecule has 0 saturated heterocycles. The molecule has 160 valence electrons. The molecular formula is C26H29N3O2. The first kappa shape index (κ1) is 21.1. The molecule has 5 heteroatoms. The van der Waals surface area contributed by atoms with Crippen molar-refractivity contribution < 1.29 is 9.53 Å². The molecule has 0 saturated carbocycles. The van der Waals surface area contributed by atoms with Crippen LogP contribution in [0.15, 0.2) is 54.6 Å². The molecule has 31 heavy (non-hydrogen) atoms. The van der Waals surface area contributed by atoms with Crippen LogP contribution in [-0.2, 0) is 16.0 Å². The van der Waals surface area contributed by atoms with E-state index in [1.807, 2.05) is 25.1 Å². The van der Waals surface area contributed by atoms with Crippen molar-refractivity contribution in [3.05, 3.63) is 65.7 Å². The lowest BCUT2D eigenvalue weighted by Gasteiger charge is -2.12. The predicted octanol–water partition coefficient (Wildman–Crippen LogP) is 5.17. The number of methoxy groups -OCH3 is 1. The van der Waals surface area contributed by atoms with Crippen molar-refractivity contribution in [2.75, 3.05) is 13.7 Å². The molecule has 1 amide bonds. The number of nitrogens with zero attached hydrogens (tertiary/aromatic N) is 1. The largest absolute Gasteiger partial charge is 0.383 e. The fraction of sp³-hybridized carbons (Fsp3) is 0.308. The van der Waals surface area contributed by atoms with Gasteiger partial charge in [-0.05, 0) is 56.5 Å². The third-order valence-electron chi connectivity index (χ3n) is 5.57. The number of hydrogen-bond donors (Lipinski definition) is 2. The lowest BCUT2D eigenvalue weighted by atomic mass is 10.0. The molecule has 0 bridgehead atoms. The van der Waals surface area contributed by atoms with Crippen LogP contribution >= 0.6 is 0 Å². The lowest BCUT2D eigenvalue weighted by Crippen LogP contribution is -2.35. The average Bonchev–Trinajstić information content (AvgIpc) is 3.11. The van der Waals surface area contributed by atoms with E-state index < -0.39 is 0 Å². The minimum absolute atomic E-state index is 0.0191. The molecule has 0 aliphatic rings. The normalized spacial score (nSPS) is 12.4. The Morgan fingerprint density at radius 3 is 2.84 bits per heavy atom. The Labute approximate surface area is 182 Å². The molecule has 0 spiro atoms. The van der Waals surface area contributed by atoms with Gasteiger partial charge in [0.1, 0.15) is 0 Å². The Kier molecular flexibility index (Phi) is 6.33. The maximum absolute atomic E-state index is 12.3. The van der Waals surface area contributed by atoms with Crippen LogP contribution < -0.4 is 5.32 Å². The van der Waals surface area contributed by atoms with Crippen LogP contribution in [0.1, 0.15) is 30.9 Å². The quantitative estimate of drug-likeness (QED) is 0.417. The number of nitrogens with one attached hydrogen (secondary N) is 2. The molecule has 4 aromatic rings. The van der Waals surface area contributed by atoms with Gasteiger partial charge < -0.3 is 15.0 Å². The number of pyridine rings is 1. The van der Waals surface area contributed by atoms with Gasteiger partial charge >= 0.3 is 0 Å². The number of rotatable bonds is 8. The van der Waals surface area contributed by atoms with Crippen LogP contribution in [0, 0.1) is 6.92 Å². The van der Waals surface area contributed by atoms with Gasteiger partial charge in [-0.1, -0.05) is 35.9 Å². The summed E-state index contributed by atoms with van der Waals surface area (Å²) in [6.45, 7) is 4.58. The highest BCUT2D eigenvalue weighted by Crippen LogP contribution is 2.32. The number of ether oxygens (including phenoxy) is 1. The zero-order chi connectivity index (χ0) is 21.8.